The number of hydrogen-bond acceptors (Lipinski definition) is 6. The maximum atomic E-state index is 14.1. The van der Waals surface area contributed by atoms with E-state index in [-0.39, 0.29) is 35.9 Å². The highest BCUT2D eigenvalue weighted by atomic mass is 19.4. The lowest BCUT2D eigenvalue weighted by Crippen LogP contribution is -2.35. The van der Waals surface area contributed by atoms with Crippen LogP contribution in [0.1, 0.15) is 21.6 Å². The van der Waals surface area contributed by atoms with Gasteiger partial charge in [-0.2, -0.15) is 26.3 Å². The molecule has 0 unspecified atom stereocenters. The molecule has 4 rings (SSSR count). The summed E-state index contributed by atoms with van der Waals surface area (Å²) in [6.07, 6.45) is -10.1. The molecule has 10 nitrogen and oxygen atoms in total. The standard InChI is InChI=1S/C26H21F7N6O4/c1-36(2)22(40)18-12-35-20(13-34-18)39-9-8-38(23(39)41)19-11-14(25(28,29)30)10-17(26(31,32)33)21(19)43-24(42)37(3)16-6-4-15(27)5-7-16/h4-7,10-13H,8-9H2,1-3H3. The van der Waals surface area contributed by atoms with Crippen molar-refractivity contribution in [3.63, 3.8) is 0 Å². The highest BCUT2D eigenvalue weighted by molar-refractivity contribution is 6.07. The van der Waals surface area contributed by atoms with Crippen molar-refractivity contribution in [2.75, 3.05) is 48.9 Å². The molecule has 1 saturated heterocycles. The van der Waals surface area contributed by atoms with Gasteiger partial charge in [0.2, 0.25) is 0 Å². The lowest BCUT2D eigenvalue weighted by Gasteiger charge is -2.26. The van der Waals surface area contributed by atoms with Gasteiger partial charge < -0.3 is 9.64 Å². The number of alkyl halides is 6. The molecule has 0 radical (unpaired) electrons. The molecule has 1 fully saturated rings. The number of amides is 4. The number of hydrogen-bond donors (Lipinski definition) is 0. The number of anilines is 3. The maximum Gasteiger partial charge on any atom is 0.420 e. The van der Waals surface area contributed by atoms with Crippen LogP contribution in [0.5, 0.6) is 5.75 Å². The molecular weight excluding hydrogens is 593 g/mol. The van der Waals surface area contributed by atoms with Gasteiger partial charge >= 0.3 is 24.5 Å². The number of urea groups is 1. The number of ether oxygens (including phenoxy) is 1. The van der Waals surface area contributed by atoms with Gasteiger partial charge in [-0.3, -0.25) is 19.5 Å². The second kappa shape index (κ2) is 11.4. The minimum Gasteiger partial charge on any atom is -0.407 e. The van der Waals surface area contributed by atoms with Gasteiger partial charge in [0.15, 0.2) is 11.6 Å². The summed E-state index contributed by atoms with van der Waals surface area (Å²) in [4.78, 5) is 49.6. The van der Waals surface area contributed by atoms with Crippen LogP contribution in [-0.2, 0) is 12.4 Å². The zero-order valence-electron chi connectivity index (χ0n) is 22.5. The Morgan fingerprint density at radius 2 is 1.51 bits per heavy atom. The Kier molecular flexibility index (Phi) is 8.20. The number of nitrogens with zero attached hydrogens (tertiary/aromatic N) is 6. The van der Waals surface area contributed by atoms with Crippen LogP contribution in [0.2, 0.25) is 0 Å². The first kappa shape index (κ1) is 31.0. The summed E-state index contributed by atoms with van der Waals surface area (Å²) >= 11 is 0. The van der Waals surface area contributed by atoms with Crippen LogP contribution >= 0.6 is 0 Å². The van der Waals surface area contributed by atoms with Gasteiger partial charge in [-0.15, -0.1) is 0 Å². The van der Waals surface area contributed by atoms with Crippen molar-refractivity contribution in [3.8, 4) is 5.75 Å². The molecule has 0 aliphatic carbocycles. The van der Waals surface area contributed by atoms with Crippen molar-refractivity contribution in [1.82, 2.24) is 14.9 Å². The lowest BCUT2D eigenvalue weighted by atomic mass is 10.1. The minimum absolute atomic E-state index is 0.00776. The van der Waals surface area contributed by atoms with E-state index in [0.717, 1.165) is 48.6 Å². The van der Waals surface area contributed by atoms with E-state index in [1.54, 1.807) is 0 Å². The van der Waals surface area contributed by atoms with Crippen molar-refractivity contribution in [2.45, 2.75) is 12.4 Å². The van der Waals surface area contributed by atoms with Crippen LogP contribution in [0, 0.1) is 5.82 Å². The Labute approximate surface area is 238 Å². The Hall–Kier alpha value is -4.96. The first-order chi connectivity index (χ1) is 20.0. The second-order valence-electron chi connectivity index (χ2n) is 9.32. The molecule has 228 valence electrons. The zero-order valence-corrected chi connectivity index (χ0v) is 22.5. The third-order valence-electron chi connectivity index (χ3n) is 6.22. The van der Waals surface area contributed by atoms with Gasteiger partial charge in [-0.25, -0.2) is 23.9 Å². The van der Waals surface area contributed by atoms with Gasteiger partial charge in [0.05, 0.1) is 23.6 Å². The molecule has 0 saturated carbocycles. The summed E-state index contributed by atoms with van der Waals surface area (Å²) in [5, 5.41) is 0. The van der Waals surface area contributed by atoms with E-state index < -0.39 is 65.3 Å². The van der Waals surface area contributed by atoms with Crippen LogP contribution in [0.4, 0.5) is 57.5 Å². The van der Waals surface area contributed by atoms with Gasteiger partial charge in [0.1, 0.15) is 17.1 Å². The molecule has 0 atom stereocenters. The molecule has 3 aromatic rings. The van der Waals surface area contributed by atoms with E-state index in [9.17, 15) is 45.1 Å². The molecule has 0 N–H and O–H groups in total. The largest absolute Gasteiger partial charge is 0.420 e. The van der Waals surface area contributed by atoms with E-state index >= 15 is 0 Å². The lowest BCUT2D eigenvalue weighted by molar-refractivity contribution is -0.143. The molecule has 0 bridgehead atoms. The fourth-order valence-corrected chi connectivity index (χ4v) is 3.99. The van der Waals surface area contributed by atoms with Crippen LogP contribution in [0.25, 0.3) is 0 Å². The molecule has 1 aliphatic heterocycles. The monoisotopic (exact) mass is 614 g/mol. The molecule has 4 amide bonds. The average Bonchev–Trinajstić information content (AvgIpc) is 3.32. The van der Waals surface area contributed by atoms with Crippen LogP contribution in [0.15, 0.2) is 48.8 Å². The zero-order chi connectivity index (χ0) is 31.9. The summed E-state index contributed by atoms with van der Waals surface area (Å²) in [6.45, 7) is -0.690. The second-order valence-corrected chi connectivity index (χ2v) is 9.32. The van der Waals surface area contributed by atoms with Crippen LogP contribution in [0.3, 0.4) is 0 Å². The van der Waals surface area contributed by atoms with Gasteiger partial charge in [-0.05, 0) is 36.4 Å². The highest BCUT2D eigenvalue weighted by Crippen LogP contribution is 2.47. The van der Waals surface area contributed by atoms with E-state index in [0.29, 0.717) is 9.80 Å². The molecule has 43 heavy (non-hydrogen) atoms. The first-order valence-corrected chi connectivity index (χ1v) is 12.1. The number of halogens is 7. The van der Waals surface area contributed by atoms with Crippen LogP contribution < -0.4 is 19.4 Å². The number of rotatable bonds is 5. The summed E-state index contributed by atoms with van der Waals surface area (Å²) in [5.41, 5.74) is -4.78. The molecule has 1 aliphatic rings. The quantitative estimate of drug-likeness (QED) is 0.355. The number of carbonyl (C=O) groups excluding carboxylic acids is 3. The fraction of sp³-hybridized carbons (Fsp3) is 0.269. The van der Waals surface area contributed by atoms with Gasteiger partial charge in [-0.1, -0.05) is 0 Å². The van der Waals surface area contributed by atoms with Crippen molar-refractivity contribution >= 4 is 35.2 Å². The third-order valence-corrected chi connectivity index (χ3v) is 6.22. The summed E-state index contributed by atoms with van der Waals surface area (Å²) in [7, 11) is 4.01. The van der Waals surface area contributed by atoms with Crippen LogP contribution in [-0.4, -0.2) is 67.1 Å². The predicted molar refractivity (Wildman–Crippen MR) is 137 cm³/mol. The average molecular weight is 614 g/mol. The highest BCUT2D eigenvalue weighted by Gasteiger charge is 2.44. The summed E-state index contributed by atoms with van der Waals surface area (Å²) in [6, 6.07) is 3.11. The normalized spacial score (nSPS) is 13.8. The van der Waals surface area contributed by atoms with Crippen molar-refractivity contribution in [3.05, 3.63) is 71.4 Å². The topological polar surface area (TPSA) is 99.2 Å². The number of aromatic nitrogens is 2. The van der Waals surface area contributed by atoms with Crippen molar-refractivity contribution in [1.29, 1.82) is 0 Å². The van der Waals surface area contributed by atoms with Gasteiger partial charge in [0.25, 0.3) is 5.91 Å². The Morgan fingerprint density at radius 3 is 2.05 bits per heavy atom. The summed E-state index contributed by atoms with van der Waals surface area (Å²) < 4.78 is 102. The van der Waals surface area contributed by atoms with Crippen molar-refractivity contribution < 1.29 is 49.9 Å². The van der Waals surface area contributed by atoms with E-state index in [1.807, 2.05) is 0 Å². The Morgan fingerprint density at radius 1 is 0.884 bits per heavy atom. The molecule has 17 heteroatoms. The Bertz CT molecular complexity index is 1540. The van der Waals surface area contributed by atoms with Crippen molar-refractivity contribution in [2.24, 2.45) is 0 Å². The molecule has 2 aromatic carbocycles. The molecule has 0 spiro atoms. The fourth-order valence-electron chi connectivity index (χ4n) is 3.99. The summed E-state index contributed by atoms with van der Waals surface area (Å²) in [5.74, 6) is -2.67. The maximum absolute atomic E-state index is 14.1. The first-order valence-electron chi connectivity index (χ1n) is 12.1. The SMILES string of the molecule is CN(C)C(=O)c1cnc(N2CCN(c3cc(C(F)(F)F)cc(C(F)(F)F)c3OC(=O)N(C)c3ccc(F)cc3)C2=O)cn1. The third kappa shape index (κ3) is 6.44. The molecule has 1 aromatic heterocycles. The predicted octanol–water partition coefficient (Wildman–Crippen LogP) is 5.44. The smallest absolute Gasteiger partial charge is 0.407 e. The number of carbonyl (C=O) groups is 3. The van der Waals surface area contributed by atoms with E-state index in [1.165, 1.54) is 19.0 Å². The van der Waals surface area contributed by atoms with E-state index in [2.05, 4.69) is 9.97 Å². The number of benzene rings is 2. The van der Waals surface area contributed by atoms with E-state index in [4.69, 9.17) is 4.74 Å². The molecule has 2 heterocycles. The Balaban J connectivity index is 1.76. The van der Waals surface area contributed by atoms with Gasteiger partial charge in [0, 0.05) is 39.9 Å². The minimum atomic E-state index is -5.46. The molecular formula is C26H21F7N6O4.